The molecule has 0 radical (unpaired) electrons. The molecule has 2 atom stereocenters. The van der Waals surface area contributed by atoms with E-state index in [1.807, 2.05) is 12.1 Å². The van der Waals surface area contributed by atoms with Crippen molar-refractivity contribution < 1.29 is 4.74 Å². The van der Waals surface area contributed by atoms with Gasteiger partial charge in [-0.1, -0.05) is 24.6 Å². The highest BCUT2D eigenvalue weighted by Gasteiger charge is 2.63. The van der Waals surface area contributed by atoms with Crippen molar-refractivity contribution in [1.29, 1.82) is 0 Å². The second-order valence-corrected chi connectivity index (χ2v) is 5.24. The molecule has 86 valence electrons. The molecule has 2 saturated carbocycles. The standard InChI is InChI=1S/C14H19NO/c1-16-13-8-3-2-5-10(13)9-14(15)11-6-4-7-12(11)14/h2-3,5,8,11-12H,4,6-7,9,15H2,1H3. The van der Waals surface area contributed by atoms with Crippen LogP contribution in [0.2, 0.25) is 0 Å². The lowest BCUT2D eigenvalue weighted by molar-refractivity contribution is 0.403. The Morgan fingerprint density at radius 1 is 1.31 bits per heavy atom. The van der Waals surface area contributed by atoms with Crippen molar-refractivity contribution in [1.82, 2.24) is 0 Å². The van der Waals surface area contributed by atoms with E-state index in [0.717, 1.165) is 24.0 Å². The Bertz CT molecular complexity index is 391. The predicted octanol–water partition coefficient (Wildman–Crippen LogP) is 2.37. The Morgan fingerprint density at radius 3 is 2.69 bits per heavy atom. The molecule has 0 heterocycles. The molecular weight excluding hydrogens is 198 g/mol. The summed E-state index contributed by atoms with van der Waals surface area (Å²) in [7, 11) is 1.73. The molecule has 0 saturated heterocycles. The van der Waals surface area contributed by atoms with Crippen molar-refractivity contribution >= 4 is 0 Å². The lowest BCUT2D eigenvalue weighted by Gasteiger charge is -2.17. The molecule has 2 unspecified atom stereocenters. The number of ether oxygens (including phenoxy) is 1. The number of fused-ring (bicyclic) bond motifs is 1. The summed E-state index contributed by atoms with van der Waals surface area (Å²) < 4.78 is 5.39. The van der Waals surface area contributed by atoms with Gasteiger partial charge in [0.05, 0.1) is 7.11 Å². The van der Waals surface area contributed by atoms with Crippen LogP contribution in [0.4, 0.5) is 0 Å². The van der Waals surface area contributed by atoms with Crippen molar-refractivity contribution in [3.8, 4) is 5.75 Å². The van der Waals surface area contributed by atoms with E-state index in [4.69, 9.17) is 10.5 Å². The van der Waals surface area contributed by atoms with E-state index in [9.17, 15) is 0 Å². The zero-order valence-corrected chi connectivity index (χ0v) is 9.78. The fraction of sp³-hybridized carbons (Fsp3) is 0.571. The van der Waals surface area contributed by atoms with Crippen LogP contribution < -0.4 is 10.5 Å². The molecule has 3 rings (SSSR count). The van der Waals surface area contributed by atoms with Crippen LogP contribution in [0.5, 0.6) is 5.75 Å². The van der Waals surface area contributed by atoms with Crippen LogP contribution in [0.15, 0.2) is 24.3 Å². The van der Waals surface area contributed by atoms with E-state index in [2.05, 4.69) is 12.1 Å². The van der Waals surface area contributed by atoms with Gasteiger partial charge in [0, 0.05) is 5.54 Å². The van der Waals surface area contributed by atoms with Crippen molar-refractivity contribution in [2.45, 2.75) is 31.2 Å². The van der Waals surface area contributed by atoms with Crippen molar-refractivity contribution in [3.63, 3.8) is 0 Å². The van der Waals surface area contributed by atoms with Crippen LogP contribution in [0.25, 0.3) is 0 Å². The van der Waals surface area contributed by atoms with Crippen LogP contribution in [-0.2, 0) is 6.42 Å². The molecule has 0 amide bonds. The Balaban J connectivity index is 1.80. The SMILES string of the molecule is COc1ccccc1CC1(N)C2CCCC21. The van der Waals surface area contributed by atoms with E-state index in [1.54, 1.807) is 7.11 Å². The first-order valence-electron chi connectivity index (χ1n) is 6.16. The number of hydrogen-bond acceptors (Lipinski definition) is 2. The van der Waals surface area contributed by atoms with Gasteiger partial charge in [0.15, 0.2) is 0 Å². The van der Waals surface area contributed by atoms with Gasteiger partial charge in [0.1, 0.15) is 5.75 Å². The summed E-state index contributed by atoms with van der Waals surface area (Å²) in [5.41, 5.74) is 7.84. The van der Waals surface area contributed by atoms with Gasteiger partial charge in [-0.05, 0) is 42.7 Å². The fourth-order valence-corrected chi connectivity index (χ4v) is 3.57. The summed E-state index contributed by atoms with van der Waals surface area (Å²) >= 11 is 0. The molecule has 16 heavy (non-hydrogen) atoms. The van der Waals surface area contributed by atoms with Gasteiger partial charge in [0.25, 0.3) is 0 Å². The number of benzene rings is 1. The second kappa shape index (κ2) is 3.49. The van der Waals surface area contributed by atoms with Gasteiger partial charge in [-0.25, -0.2) is 0 Å². The van der Waals surface area contributed by atoms with Crippen LogP contribution in [0, 0.1) is 11.8 Å². The molecule has 1 aromatic carbocycles. The molecule has 1 aromatic rings. The monoisotopic (exact) mass is 217 g/mol. The number of nitrogens with two attached hydrogens (primary N) is 1. The zero-order valence-electron chi connectivity index (χ0n) is 9.78. The maximum atomic E-state index is 6.50. The number of hydrogen-bond donors (Lipinski definition) is 1. The third-order valence-electron chi connectivity index (χ3n) is 4.48. The highest BCUT2D eigenvalue weighted by molar-refractivity contribution is 5.37. The minimum atomic E-state index is 0.0763. The van der Waals surface area contributed by atoms with Gasteiger partial charge < -0.3 is 10.5 Å². The molecule has 2 fully saturated rings. The summed E-state index contributed by atoms with van der Waals surface area (Å²) in [4.78, 5) is 0. The molecular formula is C14H19NO. The topological polar surface area (TPSA) is 35.2 Å². The normalized spacial score (nSPS) is 35.9. The Morgan fingerprint density at radius 2 is 2.00 bits per heavy atom. The van der Waals surface area contributed by atoms with Gasteiger partial charge in [0.2, 0.25) is 0 Å². The highest BCUT2D eigenvalue weighted by Crippen LogP contribution is 2.60. The first kappa shape index (κ1) is 10.2. The van der Waals surface area contributed by atoms with Crippen LogP contribution >= 0.6 is 0 Å². The Kier molecular flexibility index (Phi) is 2.21. The predicted molar refractivity (Wildman–Crippen MR) is 64.4 cm³/mol. The van der Waals surface area contributed by atoms with E-state index < -0.39 is 0 Å². The summed E-state index contributed by atoms with van der Waals surface area (Å²) in [5.74, 6) is 2.53. The largest absolute Gasteiger partial charge is 0.496 e. The molecule has 2 heteroatoms. The van der Waals surface area contributed by atoms with Crippen LogP contribution in [0.1, 0.15) is 24.8 Å². The lowest BCUT2D eigenvalue weighted by Crippen LogP contribution is -2.31. The van der Waals surface area contributed by atoms with Gasteiger partial charge in [-0.3, -0.25) is 0 Å². The van der Waals surface area contributed by atoms with E-state index in [0.29, 0.717) is 0 Å². The van der Waals surface area contributed by atoms with E-state index in [1.165, 1.54) is 24.8 Å². The molecule has 2 N–H and O–H groups in total. The molecule has 0 aromatic heterocycles. The third-order valence-corrected chi connectivity index (χ3v) is 4.48. The zero-order chi connectivity index (χ0) is 11.2. The molecule has 0 bridgehead atoms. The second-order valence-electron chi connectivity index (χ2n) is 5.24. The number of rotatable bonds is 3. The minimum absolute atomic E-state index is 0.0763. The molecule has 0 spiro atoms. The molecule has 2 aliphatic carbocycles. The lowest BCUT2D eigenvalue weighted by atomic mass is 9.97. The Labute approximate surface area is 96.8 Å². The number of methoxy groups -OCH3 is 1. The van der Waals surface area contributed by atoms with Gasteiger partial charge in [-0.2, -0.15) is 0 Å². The van der Waals surface area contributed by atoms with Crippen LogP contribution in [-0.4, -0.2) is 12.6 Å². The molecule has 2 nitrogen and oxygen atoms in total. The summed E-state index contributed by atoms with van der Waals surface area (Å²) in [5, 5.41) is 0. The van der Waals surface area contributed by atoms with E-state index in [-0.39, 0.29) is 5.54 Å². The summed E-state index contributed by atoms with van der Waals surface area (Å²) in [6.45, 7) is 0. The Hall–Kier alpha value is -1.02. The van der Waals surface area contributed by atoms with Crippen LogP contribution in [0.3, 0.4) is 0 Å². The van der Waals surface area contributed by atoms with Gasteiger partial charge in [-0.15, -0.1) is 0 Å². The average molecular weight is 217 g/mol. The quantitative estimate of drug-likeness (QED) is 0.843. The van der Waals surface area contributed by atoms with Crippen molar-refractivity contribution in [2.75, 3.05) is 7.11 Å². The fourth-order valence-electron chi connectivity index (χ4n) is 3.57. The number of para-hydroxylation sites is 1. The smallest absolute Gasteiger partial charge is 0.122 e. The van der Waals surface area contributed by atoms with Crippen molar-refractivity contribution in [2.24, 2.45) is 17.6 Å². The minimum Gasteiger partial charge on any atom is -0.496 e. The van der Waals surface area contributed by atoms with Crippen molar-refractivity contribution in [3.05, 3.63) is 29.8 Å². The first-order chi connectivity index (χ1) is 7.75. The summed E-state index contributed by atoms with van der Waals surface area (Å²) in [6, 6.07) is 8.25. The maximum Gasteiger partial charge on any atom is 0.122 e. The molecule has 2 aliphatic rings. The highest BCUT2D eigenvalue weighted by atomic mass is 16.5. The van der Waals surface area contributed by atoms with Gasteiger partial charge >= 0.3 is 0 Å². The molecule has 0 aliphatic heterocycles. The third kappa shape index (κ3) is 1.36. The first-order valence-corrected chi connectivity index (χ1v) is 6.16. The van der Waals surface area contributed by atoms with E-state index >= 15 is 0 Å². The summed E-state index contributed by atoms with van der Waals surface area (Å²) in [6.07, 6.45) is 5.01. The maximum absolute atomic E-state index is 6.50. The average Bonchev–Trinajstić information content (AvgIpc) is 2.72.